The van der Waals surface area contributed by atoms with Gasteiger partial charge in [-0.2, -0.15) is 4.98 Å². The molecule has 10 heteroatoms. The Morgan fingerprint density at radius 1 is 1.05 bits per heavy atom. The zero-order chi connectivity index (χ0) is 28.2. The Hall–Kier alpha value is -3.24. The molecule has 1 atom stereocenters. The maximum atomic E-state index is 12.5. The van der Waals surface area contributed by atoms with Crippen molar-refractivity contribution in [2.45, 2.75) is 76.5 Å². The standard InChI is InChI=1S/C30H41N7O2Si/c1-30(2,40(4,5)39)16-20-14-15-36(19-20)22-10-12-25(31-17-22)33-29-32-18-24-23-11-13-26(38)35(3)28(23)37(27(24)34-29)21-8-6-7-9-21/h10-13,17-18,20-21,39H,6-9,14-16,19H2,1-5H3,(H,31,32,33,34)/t20-/m0/s1. The van der Waals surface area contributed by atoms with Crippen molar-refractivity contribution < 1.29 is 4.80 Å². The van der Waals surface area contributed by atoms with Gasteiger partial charge in [0.05, 0.1) is 11.9 Å². The number of aryl methyl sites for hydroxylation is 1. The van der Waals surface area contributed by atoms with Gasteiger partial charge in [-0.05, 0) is 67.9 Å². The molecule has 9 nitrogen and oxygen atoms in total. The van der Waals surface area contributed by atoms with Crippen LogP contribution in [0.25, 0.3) is 22.1 Å². The fourth-order valence-electron chi connectivity index (χ4n) is 6.51. The van der Waals surface area contributed by atoms with Crippen molar-refractivity contribution in [3.05, 3.63) is 47.0 Å². The van der Waals surface area contributed by atoms with Crippen LogP contribution in [0.1, 0.15) is 58.4 Å². The summed E-state index contributed by atoms with van der Waals surface area (Å²) >= 11 is 0. The predicted octanol–water partition coefficient (Wildman–Crippen LogP) is 5.73. The summed E-state index contributed by atoms with van der Waals surface area (Å²) in [4.78, 5) is 39.9. The second kappa shape index (κ2) is 9.99. The van der Waals surface area contributed by atoms with Crippen LogP contribution in [-0.4, -0.2) is 50.3 Å². The molecule has 4 aromatic rings. The van der Waals surface area contributed by atoms with Crippen LogP contribution in [0.3, 0.4) is 0 Å². The Morgan fingerprint density at radius 2 is 1.82 bits per heavy atom. The van der Waals surface area contributed by atoms with E-state index >= 15 is 0 Å². The SMILES string of the molecule is Cn1c(=O)ccc2c3cnc(Nc4ccc(N5CC[C@@H](CC(C)(C)[Si](C)(C)O)C5)cn4)nc3n(C3CCCC3)c21. The maximum Gasteiger partial charge on any atom is 0.251 e. The maximum absolute atomic E-state index is 12.5. The third-order valence-corrected chi connectivity index (χ3v) is 13.1. The number of anilines is 3. The number of nitrogens with zero attached hydrogens (tertiary/aromatic N) is 6. The van der Waals surface area contributed by atoms with E-state index in [2.05, 4.69) is 44.7 Å². The van der Waals surface area contributed by atoms with Crippen molar-refractivity contribution in [1.82, 2.24) is 24.1 Å². The summed E-state index contributed by atoms with van der Waals surface area (Å²) in [5.41, 5.74) is 2.88. The third kappa shape index (κ3) is 4.81. The number of aromatic nitrogens is 5. The molecule has 0 bridgehead atoms. The second-order valence-corrected chi connectivity index (χ2v) is 17.5. The first-order valence-electron chi connectivity index (χ1n) is 14.6. The first-order chi connectivity index (χ1) is 19.0. The topological polar surface area (TPSA) is 101 Å². The molecule has 2 aliphatic rings. The minimum absolute atomic E-state index is 0.00106. The molecule has 2 N–H and O–H groups in total. The largest absolute Gasteiger partial charge is 0.432 e. The molecular formula is C30H41N7O2Si. The van der Waals surface area contributed by atoms with Crippen molar-refractivity contribution in [2.75, 3.05) is 23.3 Å². The average molecular weight is 560 g/mol. The van der Waals surface area contributed by atoms with Crippen LogP contribution in [-0.2, 0) is 7.05 Å². The van der Waals surface area contributed by atoms with E-state index in [9.17, 15) is 9.59 Å². The molecule has 212 valence electrons. The lowest BCUT2D eigenvalue weighted by atomic mass is 9.95. The van der Waals surface area contributed by atoms with Crippen LogP contribution in [0.4, 0.5) is 17.5 Å². The molecule has 2 fully saturated rings. The van der Waals surface area contributed by atoms with Crippen molar-refractivity contribution in [1.29, 1.82) is 0 Å². The second-order valence-electron chi connectivity index (χ2n) is 13.0. The molecule has 1 saturated heterocycles. The lowest BCUT2D eigenvalue weighted by Gasteiger charge is -2.37. The number of pyridine rings is 2. The van der Waals surface area contributed by atoms with Crippen molar-refractivity contribution in [2.24, 2.45) is 13.0 Å². The number of rotatable bonds is 7. The molecule has 6 rings (SSSR count). The van der Waals surface area contributed by atoms with Gasteiger partial charge < -0.3 is 19.6 Å². The highest BCUT2D eigenvalue weighted by molar-refractivity contribution is 6.72. The van der Waals surface area contributed by atoms with E-state index in [1.165, 1.54) is 12.8 Å². The first kappa shape index (κ1) is 27.0. The highest BCUT2D eigenvalue weighted by atomic mass is 28.4. The van der Waals surface area contributed by atoms with E-state index in [1.807, 2.05) is 44.7 Å². The van der Waals surface area contributed by atoms with E-state index < -0.39 is 8.32 Å². The fourth-order valence-corrected chi connectivity index (χ4v) is 7.30. The monoisotopic (exact) mass is 559 g/mol. The van der Waals surface area contributed by atoms with Gasteiger partial charge in [0.1, 0.15) is 17.1 Å². The summed E-state index contributed by atoms with van der Waals surface area (Å²) in [5, 5.41) is 5.27. The lowest BCUT2D eigenvalue weighted by Crippen LogP contribution is -2.40. The van der Waals surface area contributed by atoms with Crippen molar-refractivity contribution in [3.63, 3.8) is 0 Å². The van der Waals surface area contributed by atoms with Gasteiger partial charge in [-0.25, -0.2) is 9.97 Å². The summed E-state index contributed by atoms with van der Waals surface area (Å²) in [6.45, 7) is 10.5. The van der Waals surface area contributed by atoms with E-state index in [4.69, 9.17) is 4.98 Å². The molecular weight excluding hydrogens is 518 g/mol. The molecule has 0 spiro atoms. The van der Waals surface area contributed by atoms with E-state index in [1.54, 1.807) is 10.6 Å². The summed E-state index contributed by atoms with van der Waals surface area (Å²) in [6.07, 6.45) is 10.5. The highest BCUT2D eigenvalue weighted by Gasteiger charge is 2.41. The van der Waals surface area contributed by atoms with Gasteiger partial charge in [0.15, 0.2) is 8.32 Å². The summed E-state index contributed by atoms with van der Waals surface area (Å²) in [6, 6.07) is 7.95. The summed E-state index contributed by atoms with van der Waals surface area (Å²) < 4.78 is 3.99. The smallest absolute Gasteiger partial charge is 0.251 e. The average Bonchev–Trinajstić information content (AvgIpc) is 3.65. The molecule has 1 aliphatic heterocycles. The number of hydrogen-bond acceptors (Lipinski definition) is 7. The Kier molecular flexibility index (Phi) is 6.73. The molecule has 5 heterocycles. The van der Waals surface area contributed by atoms with Crippen LogP contribution < -0.4 is 15.8 Å². The number of nitrogens with one attached hydrogen (secondary N) is 1. The molecule has 40 heavy (non-hydrogen) atoms. The Bertz CT molecular complexity index is 1600. The summed E-state index contributed by atoms with van der Waals surface area (Å²) in [7, 11) is -0.371. The van der Waals surface area contributed by atoms with Gasteiger partial charge in [-0.15, -0.1) is 0 Å². The third-order valence-electron chi connectivity index (χ3n) is 9.58. The lowest BCUT2D eigenvalue weighted by molar-refractivity contribution is 0.392. The van der Waals surface area contributed by atoms with Crippen LogP contribution in [0.15, 0.2) is 41.5 Å². The highest BCUT2D eigenvalue weighted by Crippen LogP contribution is 2.44. The minimum Gasteiger partial charge on any atom is -0.432 e. The molecule has 0 radical (unpaired) electrons. The van der Waals surface area contributed by atoms with E-state index in [0.717, 1.165) is 66.5 Å². The molecule has 0 amide bonds. The van der Waals surface area contributed by atoms with Crippen LogP contribution in [0.2, 0.25) is 18.1 Å². The van der Waals surface area contributed by atoms with Crippen LogP contribution in [0.5, 0.6) is 0 Å². The van der Waals surface area contributed by atoms with Gasteiger partial charge in [-0.1, -0.05) is 26.7 Å². The Morgan fingerprint density at radius 3 is 2.52 bits per heavy atom. The molecule has 0 unspecified atom stereocenters. The summed E-state index contributed by atoms with van der Waals surface area (Å²) in [5.74, 6) is 1.78. The predicted molar refractivity (Wildman–Crippen MR) is 164 cm³/mol. The van der Waals surface area contributed by atoms with Crippen LogP contribution in [0, 0.1) is 5.92 Å². The first-order valence-corrected chi connectivity index (χ1v) is 17.5. The van der Waals surface area contributed by atoms with Gasteiger partial charge in [0.25, 0.3) is 5.56 Å². The Labute approximate surface area is 236 Å². The molecule has 1 saturated carbocycles. The Balaban J connectivity index is 1.22. The zero-order valence-corrected chi connectivity index (χ0v) is 25.3. The normalized spacial score (nSPS) is 18.9. The molecule has 1 aliphatic carbocycles. The van der Waals surface area contributed by atoms with Gasteiger partial charge in [-0.3, -0.25) is 9.36 Å². The van der Waals surface area contributed by atoms with Crippen molar-refractivity contribution >= 4 is 47.8 Å². The van der Waals surface area contributed by atoms with E-state index in [-0.39, 0.29) is 10.6 Å². The molecule has 4 aromatic heterocycles. The number of fused-ring (bicyclic) bond motifs is 3. The minimum atomic E-state index is -2.21. The number of hydrogen-bond donors (Lipinski definition) is 2. The van der Waals surface area contributed by atoms with Crippen LogP contribution >= 0.6 is 0 Å². The van der Waals surface area contributed by atoms with Crippen molar-refractivity contribution in [3.8, 4) is 0 Å². The van der Waals surface area contributed by atoms with E-state index in [0.29, 0.717) is 23.7 Å². The molecule has 0 aromatic carbocycles. The fraction of sp³-hybridized carbons (Fsp3) is 0.533. The van der Waals surface area contributed by atoms with Gasteiger partial charge in [0.2, 0.25) is 5.95 Å². The van der Waals surface area contributed by atoms with Gasteiger partial charge in [0, 0.05) is 49.2 Å². The quantitative estimate of drug-likeness (QED) is 0.279. The van der Waals surface area contributed by atoms with Gasteiger partial charge >= 0.3 is 0 Å². The zero-order valence-electron chi connectivity index (χ0n) is 24.3.